The standard InChI is InChI=1S/C24H20Cl2FN3O2/c1-30(2)23(28)15-4-10-19(21(27)11-15)22(31)12-14-3-5-17(26)13-20(14)24(32)29-18-8-6-16(25)7-9-18/h3-11,13,28H,12H2,1-2H3,(H,29,32). The molecule has 0 heterocycles. The number of benzene rings is 3. The summed E-state index contributed by atoms with van der Waals surface area (Å²) in [5, 5.41) is 11.6. The van der Waals surface area contributed by atoms with Gasteiger partial charge in [0.2, 0.25) is 0 Å². The minimum atomic E-state index is -0.722. The van der Waals surface area contributed by atoms with Crippen molar-refractivity contribution in [3.63, 3.8) is 0 Å². The number of rotatable bonds is 6. The average Bonchev–Trinajstić information content (AvgIpc) is 2.75. The molecule has 164 valence electrons. The van der Waals surface area contributed by atoms with Crippen molar-refractivity contribution in [1.82, 2.24) is 4.90 Å². The van der Waals surface area contributed by atoms with E-state index < -0.39 is 17.5 Å². The summed E-state index contributed by atoms with van der Waals surface area (Å²) in [7, 11) is 3.35. The fourth-order valence-electron chi connectivity index (χ4n) is 3.06. The second kappa shape index (κ2) is 9.94. The van der Waals surface area contributed by atoms with Gasteiger partial charge in [-0.1, -0.05) is 35.3 Å². The Morgan fingerprint density at radius 1 is 0.938 bits per heavy atom. The first kappa shape index (κ1) is 23.4. The fraction of sp³-hybridized carbons (Fsp3) is 0.125. The zero-order chi connectivity index (χ0) is 23.4. The van der Waals surface area contributed by atoms with Gasteiger partial charge in [-0.2, -0.15) is 0 Å². The van der Waals surface area contributed by atoms with Crippen molar-refractivity contribution in [2.45, 2.75) is 6.42 Å². The van der Waals surface area contributed by atoms with E-state index in [1.165, 1.54) is 23.1 Å². The third-order valence-electron chi connectivity index (χ3n) is 4.76. The van der Waals surface area contributed by atoms with Crippen LogP contribution in [-0.2, 0) is 6.42 Å². The highest BCUT2D eigenvalue weighted by molar-refractivity contribution is 6.31. The number of Topliss-reactive ketones (excluding diaryl/α,β-unsaturated/α-hetero) is 1. The first-order valence-electron chi connectivity index (χ1n) is 9.60. The summed E-state index contributed by atoms with van der Waals surface area (Å²) in [4.78, 5) is 27.2. The second-order valence-corrected chi connectivity index (χ2v) is 8.17. The zero-order valence-corrected chi connectivity index (χ0v) is 18.9. The van der Waals surface area contributed by atoms with Gasteiger partial charge in [-0.25, -0.2) is 4.39 Å². The number of amides is 1. The van der Waals surface area contributed by atoms with Crippen molar-refractivity contribution in [1.29, 1.82) is 5.41 Å². The minimum absolute atomic E-state index is 0.112. The molecule has 0 fully saturated rings. The maximum Gasteiger partial charge on any atom is 0.256 e. The van der Waals surface area contributed by atoms with Crippen molar-refractivity contribution in [3.05, 3.63) is 98.8 Å². The van der Waals surface area contributed by atoms with E-state index in [9.17, 15) is 14.0 Å². The summed E-state index contributed by atoms with van der Waals surface area (Å²) in [6.07, 6.45) is -0.193. The van der Waals surface area contributed by atoms with Crippen LogP contribution in [0.2, 0.25) is 10.0 Å². The normalized spacial score (nSPS) is 10.5. The Balaban J connectivity index is 1.84. The van der Waals surface area contributed by atoms with Gasteiger partial charge in [0.05, 0.1) is 5.56 Å². The number of ketones is 1. The molecule has 0 aliphatic carbocycles. The van der Waals surface area contributed by atoms with Crippen LogP contribution in [0.15, 0.2) is 60.7 Å². The van der Waals surface area contributed by atoms with E-state index in [0.29, 0.717) is 26.9 Å². The molecule has 2 N–H and O–H groups in total. The number of amidine groups is 1. The molecule has 0 aliphatic rings. The van der Waals surface area contributed by atoms with Crippen LogP contribution in [0.3, 0.4) is 0 Å². The number of hydrogen-bond acceptors (Lipinski definition) is 3. The van der Waals surface area contributed by atoms with Crippen LogP contribution >= 0.6 is 23.2 Å². The third kappa shape index (κ3) is 5.52. The van der Waals surface area contributed by atoms with Crippen LogP contribution in [0, 0.1) is 11.2 Å². The molecule has 3 aromatic carbocycles. The highest BCUT2D eigenvalue weighted by Gasteiger charge is 2.19. The maximum atomic E-state index is 14.6. The van der Waals surface area contributed by atoms with E-state index in [1.807, 2.05) is 0 Å². The van der Waals surface area contributed by atoms with Crippen LogP contribution in [0.4, 0.5) is 10.1 Å². The molecule has 0 bridgehead atoms. The number of hydrogen-bond donors (Lipinski definition) is 2. The first-order valence-corrected chi connectivity index (χ1v) is 10.4. The van der Waals surface area contributed by atoms with Gasteiger partial charge in [0.15, 0.2) is 5.78 Å². The molecule has 3 rings (SSSR count). The molecular formula is C24H20Cl2FN3O2. The van der Waals surface area contributed by atoms with Crippen LogP contribution in [0.25, 0.3) is 0 Å². The van der Waals surface area contributed by atoms with Crippen molar-refractivity contribution in [3.8, 4) is 0 Å². The lowest BCUT2D eigenvalue weighted by molar-refractivity contribution is 0.0988. The quantitative estimate of drug-likeness (QED) is 0.275. The second-order valence-electron chi connectivity index (χ2n) is 7.30. The van der Waals surface area contributed by atoms with E-state index in [-0.39, 0.29) is 23.4 Å². The van der Waals surface area contributed by atoms with Crippen molar-refractivity contribution < 1.29 is 14.0 Å². The van der Waals surface area contributed by atoms with Crippen molar-refractivity contribution in [2.75, 3.05) is 19.4 Å². The highest BCUT2D eigenvalue weighted by atomic mass is 35.5. The Bertz CT molecular complexity index is 1190. The molecule has 3 aromatic rings. The average molecular weight is 472 g/mol. The molecule has 0 radical (unpaired) electrons. The number of halogens is 3. The van der Waals surface area contributed by atoms with Gasteiger partial charge < -0.3 is 10.2 Å². The Kier molecular flexibility index (Phi) is 7.28. The number of nitrogens with zero attached hydrogens (tertiary/aromatic N) is 1. The molecule has 0 aromatic heterocycles. The predicted molar refractivity (Wildman–Crippen MR) is 126 cm³/mol. The molecule has 0 aliphatic heterocycles. The maximum absolute atomic E-state index is 14.6. The molecule has 0 atom stereocenters. The molecule has 0 spiro atoms. The minimum Gasteiger partial charge on any atom is -0.363 e. The van der Waals surface area contributed by atoms with Crippen LogP contribution in [0.5, 0.6) is 0 Å². The molecule has 0 unspecified atom stereocenters. The Morgan fingerprint density at radius 3 is 2.22 bits per heavy atom. The first-order chi connectivity index (χ1) is 15.2. The summed E-state index contributed by atoms with van der Waals surface area (Å²) in [5.41, 5.74) is 1.40. The van der Waals surface area contributed by atoms with Gasteiger partial charge >= 0.3 is 0 Å². The number of carbonyl (C=O) groups is 2. The summed E-state index contributed by atoms with van der Waals surface area (Å²) >= 11 is 11.9. The van der Waals surface area contributed by atoms with Crippen molar-refractivity contribution >= 4 is 46.4 Å². The monoisotopic (exact) mass is 471 g/mol. The van der Waals surface area contributed by atoms with E-state index in [1.54, 1.807) is 50.5 Å². The van der Waals surface area contributed by atoms with E-state index >= 15 is 0 Å². The molecule has 8 heteroatoms. The molecular weight excluding hydrogens is 452 g/mol. The summed E-state index contributed by atoms with van der Waals surface area (Å²) in [6.45, 7) is 0. The summed E-state index contributed by atoms with van der Waals surface area (Å²) < 4.78 is 14.6. The van der Waals surface area contributed by atoms with Crippen LogP contribution in [-0.4, -0.2) is 36.5 Å². The molecule has 5 nitrogen and oxygen atoms in total. The SMILES string of the molecule is CN(C)C(=N)c1ccc(C(=O)Cc2ccc(Cl)cc2C(=O)Nc2ccc(Cl)cc2)c(F)c1. The van der Waals surface area contributed by atoms with E-state index in [4.69, 9.17) is 28.6 Å². The number of anilines is 1. The van der Waals surface area contributed by atoms with Gasteiger partial charge in [0.1, 0.15) is 11.7 Å². The topological polar surface area (TPSA) is 73.3 Å². The van der Waals surface area contributed by atoms with Gasteiger partial charge in [0.25, 0.3) is 5.91 Å². The third-order valence-corrected chi connectivity index (χ3v) is 5.25. The van der Waals surface area contributed by atoms with Gasteiger partial charge in [0, 0.05) is 47.4 Å². The smallest absolute Gasteiger partial charge is 0.256 e. The number of nitrogens with one attached hydrogen (secondary N) is 2. The number of carbonyl (C=O) groups excluding carboxylic acids is 2. The van der Waals surface area contributed by atoms with E-state index in [0.717, 1.165) is 6.07 Å². The van der Waals surface area contributed by atoms with Gasteiger partial charge in [-0.05, 0) is 54.1 Å². The largest absolute Gasteiger partial charge is 0.363 e. The van der Waals surface area contributed by atoms with Gasteiger partial charge in [-0.3, -0.25) is 15.0 Å². The lowest BCUT2D eigenvalue weighted by Gasteiger charge is -2.14. The van der Waals surface area contributed by atoms with Crippen LogP contribution in [0.1, 0.15) is 31.8 Å². The van der Waals surface area contributed by atoms with Crippen LogP contribution < -0.4 is 5.32 Å². The Morgan fingerprint density at radius 2 is 1.59 bits per heavy atom. The van der Waals surface area contributed by atoms with E-state index in [2.05, 4.69) is 5.32 Å². The van der Waals surface area contributed by atoms with Gasteiger partial charge in [-0.15, -0.1) is 0 Å². The fourth-order valence-corrected chi connectivity index (χ4v) is 3.36. The molecule has 1 amide bonds. The summed E-state index contributed by atoms with van der Waals surface area (Å²) in [5.74, 6) is -1.54. The highest BCUT2D eigenvalue weighted by Crippen LogP contribution is 2.22. The molecule has 0 saturated carbocycles. The molecule has 0 saturated heterocycles. The Labute approximate surface area is 195 Å². The predicted octanol–water partition coefficient (Wildman–Crippen LogP) is 5.70. The summed E-state index contributed by atoms with van der Waals surface area (Å²) in [6, 6.07) is 15.2. The lowest BCUT2D eigenvalue weighted by Crippen LogP contribution is -2.22. The lowest BCUT2D eigenvalue weighted by atomic mass is 9.97. The molecule has 32 heavy (non-hydrogen) atoms. The van der Waals surface area contributed by atoms with Crippen molar-refractivity contribution in [2.24, 2.45) is 0 Å². The zero-order valence-electron chi connectivity index (χ0n) is 17.4. The Hall–Kier alpha value is -3.22.